The van der Waals surface area contributed by atoms with Crippen molar-refractivity contribution in [1.29, 1.82) is 0 Å². The van der Waals surface area contributed by atoms with Gasteiger partial charge in [0.15, 0.2) is 0 Å². The van der Waals surface area contributed by atoms with Crippen LogP contribution in [0, 0.1) is 3.57 Å². The van der Waals surface area contributed by atoms with E-state index in [-0.39, 0.29) is 0 Å². The molecule has 0 bridgehead atoms. The fourth-order valence-corrected chi connectivity index (χ4v) is 1.77. The molecule has 0 aliphatic carbocycles. The monoisotopic (exact) mass is 266 g/mol. The van der Waals surface area contributed by atoms with E-state index < -0.39 is 0 Å². The highest BCUT2D eigenvalue weighted by atomic mass is 127. The summed E-state index contributed by atoms with van der Waals surface area (Å²) in [5, 5.41) is 0.606. The largest absolute Gasteiger partial charge is 0.298 e. The van der Waals surface area contributed by atoms with Gasteiger partial charge in [0, 0.05) is 14.2 Å². The van der Waals surface area contributed by atoms with Crippen molar-refractivity contribution in [1.82, 2.24) is 0 Å². The summed E-state index contributed by atoms with van der Waals surface area (Å²) in [4.78, 5) is 10.2. The summed E-state index contributed by atoms with van der Waals surface area (Å²) < 4.78 is 0.979. The maximum Gasteiger partial charge on any atom is 0.150 e. The minimum atomic E-state index is 0.606. The van der Waals surface area contributed by atoms with E-state index in [1.807, 2.05) is 0 Å². The molecule has 0 aliphatic heterocycles. The van der Waals surface area contributed by atoms with Crippen LogP contribution in [0.15, 0.2) is 18.2 Å². The zero-order valence-corrected chi connectivity index (χ0v) is 7.89. The fourth-order valence-electron chi connectivity index (χ4n) is 0.643. The van der Waals surface area contributed by atoms with E-state index in [9.17, 15) is 4.79 Å². The van der Waals surface area contributed by atoms with Gasteiger partial charge in [-0.2, -0.15) is 0 Å². The Morgan fingerprint density at radius 2 is 2.10 bits per heavy atom. The summed E-state index contributed by atoms with van der Waals surface area (Å²) in [6.45, 7) is 0. The molecule has 0 saturated carbocycles. The maximum atomic E-state index is 10.2. The van der Waals surface area contributed by atoms with Gasteiger partial charge in [0.2, 0.25) is 0 Å². The molecular formula is C7H4ClIO. The SMILES string of the molecule is O=Cc1cc(Cl)cc(I)c1. The molecule has 0 spiro atoms. The van der Waals surface area contributed by atoms with Gasteiger partial charge >= 0.3 is 0 Å². The highest BCUT2D eigenvalue weighted by Gasteiger charge is 1.94. The van der Waals surface area contributed by atoms with Gasteiger partial charge in [0.1, 0.15) is 6.29 Å². The van der Waals surface area contributed by atoms with Gasteiger partial charge in [-0.1, -0.05) is 11.6 Å². The van der Waals surface area contributed by atoms with Crippen LogP contribution in [0.1, 0.15) is 10.4 Å². The Bertz CT molecular complexity index is 240. The number of carbonyl (C=O) groups is 1. The summed E-state index contributed by atoms with van der Waals surface area (Å²) in [5.41, 5.74) is 0.622. The average molecular weight is 266 g/mol. The smallest absolute Gasteiger partial charge is 0.150 e. The Labute approximate surface area is 77.5 Å². The minimum absolute atomic E-state index is 0.606. The molecule has 0 aromatic heterocycles. The van der Waals surface area contributed by atoms with Gasteiger partial charge in [-0.25, -0.2) is 0 Å². The first-order valence-corrected chi connectivity index (χ1v) is 4.09. The van der Waals surface area contributed by atoms with Crippen molar-refractivity contribution in [3.8, 4) is 0 Å². The molecule has 0 fully saturated rings. The number of halogens is 2. The van der Waals surface area contributed by atoms with Crippen LogP contribution >= 0.6 is 34.2 Å². The van der Waals surface area contributed by atoms with Gasteiger partial charge in [-0.3, -0.25) is 4.79 Å². The van der Waals surface area contributed by atoms with Crippen LogP contribution < -0.4 is 0 Å². The lowest BCUT2D eigenvalue weighted by Crippen LogP contribution is -1.80. The van der Waals surface area contributed by atoms with Crippen LogP contribution in [0.4, 0.5) is 0 Å². The summed E-state index contributed by atoms with van der Waals surface area (Å²) in [7, 11) is 0. The predicted octanol–water partition coefficient (Wildman–Crippen LogP) is 2.76. The van der Waals surface area contributed by atoms with Crippen LogP contribution in [-0.4, -0.2) is 6.29 Å². The molecule has 0 amide bonds. The van der Waals surface area contributed by atoms with Gasteiger partial charge in [0.05, 0.1) is 0 Å². The van der Waals surface area contributed by atoms with E-state index in [0.29, 0.717) is 10.6 Å². The van der Waals surface area contributed by atoms with E-state index >= 15 is 0 Å². The molecule has 0 saturated heterocycles. The summed E-state index contributed by atoms with van der Waals surface area (Å²) >= 11 is 7.78. The van der Waals surface area contributed by atoms with Crippen molar-refractivity contribution in [3.05, 3.63) is 32.4 Å². The second-order valence-corrected chi connectivity index (χ2v) is 3.50. The molecule has 0 heterocycles. The minimum Gasteiger partial charge on any atom is -0.298 e. The van der Waals surface area contributed by atoms with E-state index in [0.717, 1.165) is 9.86 Å². The lowest BCUT2D eigenvalue weighted by Gasteiger charge is -1.93. The third kappa shape index (κ3) is 1.95. The van der Waals surface area contributed by atoms with Crippen molar-refractivity contribution in [2.45, 2.75) is 0 Å². The van der Waals surface area contributed by atoms with Crippen LogP contribution in [0.25, 0.3) is 0 Å². The molecule has 0 unspecified atom stereocenters. The Balaban J connectivity index is 3.18. The van der Waals surface area contributed by atoms with E-state index in [4.69, 9.17) is 11.6 Å². The lowest BCUT2D eigenvalue weighted by atomic mass is 10.2. The Hall–Kier alpha value is -0.0900. The standard InChI is InChI=1S/C7H4ClIO/c8-6-1-5(4-10)2-7(9)3-6/h1-4H. The zero-order chi connectivity index (χ0) is 7.56. The first-order valence-electron chi connectivity index (χ1n) is 2.63. The van der Waals surface area contributed by atoms with Crippen LogP contribution in [-0.2, 0) is 0 Å². The van der Waals surface area contributed by atoms with Gasteiger partial charge in [0.25, 0.3) is 0 Å². The van der Waals surface area contributed by atoms with Crippen molar-refractivity contribution in [3.63, 3.8) is 0 Å². The molecule has 3 heteroatoms. The molecule has 0 N–H and O–H groups in total. The maximum absolute atomic E-state index is 10.2. The fraction of sp³-hybridized carbons (Fsp3) is 0. The van der Waals surface area contributed by atoms with Crippen molar-refractivity contribution < 1.29 is 4.79 Å². The molecular weight excluding hydrogens is 262 g/mol. The second-order valence-electron chi connectivity index (χ2n) is 1.82. The Kier molecular flexibility index (Phi) is 2.68. The summed E-state index contributed by atoms with van der Waals surface area (Å²) in [6, 6.07) is 5.21. The molecule has 10 heavy (non-hydrogen) atoms. The average Bonchev–Trinajstić information content (AvgIpc) is 1.85. The molecule has 1 aromatic carbocycles. The van der Waals surface area contributed by atoms with Crippen LogP contribution in [0.2, 0.25) is 5.02 Å². The number of rotatable bonds is 1. The molecule has 1 rings (SSSR count). The number of aldehydes is 1. The summed E-state index contributed by atoms with van der Waals surface area (Å²) in [6.07, 6.45) is 0.786. The molecule has 0 radical (unpaired) electrons. The van der Waals surface area contributed by atoms with Crippen molar-refractivity contribution in [2.24, 2.45) is 0 Å². The normalized spacial score (nSPS) is 9.40. The first kappa shape index (κ1) is 8.01. The molecule has 0 aliphatic rings. The van der Waals surface area contributed by atoms with Crippen LogP contribution in [0.5, 0.6) is 0 Å². The summed E-state index contributed by atoms with van der Waals surface area (Å²) in [5.74, 6) is 0. The van der Waals surface area contributed by atoms with E-state index in [1.54, 1.807) is 18.2 Å². The highest BCUT2D eigenvalue weighted by Crippen LogP contribution is 2.15. The number of hydrogen-bond acceptors (Lipinski definition) is 1. The zero-order valence-electron chi connectivity index (χ0n) is 4.97. The third-order valence-corrected chi connectivity index (χ3v) is 1.86. The molecule has 1 nitrogen and oxygen atoms in total. The van der Waals surface area contributed by atoms with E-state index in [2.05, 4.69) is 22.6 Å². The number of benzene rings is 1. The first-order chi connectivity index (χ1) is 4.72. The predicted molar refractivity (Wildman–Crippen MR) is 49.6 cm³/mol. The topological polar surface area (TPSA) is 17.1 Å². The Morgan fingerprint density at radius 3 is 2.60 bits per heavy atom. The van der Waals surface area contributed by atoms with Gasteiger partial charge in [-0.15, -0.1) is 0 Å². The van der Waals surface area contributed by atoms with Gasteiger partial charge < -0.3 is 0 Å². The number of hydrogen-bond donors (Lipinski definition) is 0. The highest BCUT2D eigenvalue weighted by molar-refractivity contribution is 14.1. The van der Waals surface area contributed by atoms with Crippen LogP contribution in [0.3, 0.4) is 0 Å². The van der Waals surface area contributed by atoms with Crippen molar-refractivity contribution >= 4 is 40.5 Å². The van der Waals surface area contributed by atoms with Gasteiger partial charge in [-0.05, 0) is 40.8 Å². The lowest BCUT2D eigenvalue weighted by molar-refractivity contribution is 0.112. The molecule has 0 atom stereocenters. The molecule has 1 aromatic rings. The third-order valence-electron chi connectivity index (χ3n) is 1.02. The Morgan fingerprint density at radius 1 is 1.40 bits per heavy atom. The van der Waals surface area contributed by atoms with E-state index in [1.165, 1.54) is 0 Å². The number of carbonyl (C=O) groups excluding carboxylic acids is 1. The second kappa shape index (κ2) is 3.34. The van der Waals surface area contributed by atoms with Crippen molar-refractivity contribution in [2.75, 3.05) is 0 Å². The molecule has 52 valence electrons. The quantitative estimate of drug-likeness (QED) is 0.564.